The predicted molar refractivity (Wildman–Crippen MR) is 80.3 cm³/mol. The van der Waals surface area contributed by atoms with Gasteiger partial charge in [0.1, 0.15) is 0 Å². The van der Waals surface area contributed by atoms with Crippen molar-refractivity contribution in [2.75, 3.05) is 6.54 Å². The second-order valence-corrected chi connectivity index (χ2v) is 6.03. The Morgan fingerprint density at radius 2 is 2.06 bits per heavy atom. The molecule has 1 unspecified atom stereocenters. The fourth-order valence-electron chi connectivity index (χ4n) is 1.73. The standard InChI is InChI=1S/C15H22BrNO/c1-4-14(16)7-8-17-15(18)10-13-6-5-11(2)12(3)9-13/h5-6,9,14H,4,7-8,10H2,1-3H3,(H,17,18). The summed E-state index contributed by atoms with van der Waals surface area (Å²) in [5.74, 6) is 0.106. The number of benzene rings is 1. The van der Waals surface area contributed by atoms with Crippen LogP contribution in [0.4, 0.5) is 0 Å². The Balaban J connectivity index is 2.38. The molecule has 0 aliphatic carbocycles. The number of aryl methyl sites for hydroxylation is 2. The van der Waals surface area contributed by atoms with Crippen molar-refractivity contribution in [3.8, 4) is 0 Å². The van der Waals surface area contributed by atoms with Crippen molar-refractivity contribution in [1.82, 2.24) is 5.32 Å². The maximum atomic E-state index is 11.8. The zero-order valence-corrected chi connectivity index (χ0v) is 13.0. The molecule has 100 valence electrons. The van der Waals surface area contributed by atoms with Crippen molar-refractivity contribution >= 4 is 21.8 Å². The van der Waals surface area contributed by atoms with Gasteiger partial charge in [0.15, 0.2) is 0 Å². The van der Waals surface area contributed by atoms with E-state index in [1.54, 1.807) is 0 Å². The average molecular weight is 312 g/mol. The minimum atomic E-state index is 0.106. The lowest BCUT2D eigenvalue weighted by Gasteiger charge is -2.09. The molecular weight excluding hydrogens is 290 g/mol. The normalized spacial score (nSPS) is 12.2. The zero-order valence-electron chi connectivity index (χ0n) is 11.4. The summed E-state index contributed by atoms with van der Waals surface area (Å²) in [6, 6.07) is 6.19. The van der Waals surface area contributed by atoms with Gasteiger partial charge in [-0.2, -0.15) is 0 Å². The summed E-state index contributed by atoms with van der Waals surface area (Å²) in [4.78, 5) is 12.3. The number of alkyl halides is 1. The topological polar surface area (TPSA) is 29.1 Å². The van der Waals surface area contributed by atoms with Gasteiger partial charge in [0.2, 0.25) is 5.91 Å². The SMILES string of the molecule is CCC(Br)CCNC(=O)Cc1ccc(C)c(C)c1. The average Bonchev–Trinajstić information content (AvgIpc) is 2.33. The lowest BCUT2D eigenvalue weighted by atomic mass is 10.0. The van der Waals surface area contributed by atoms with Gasteiger partial charge in [-0.15, -0.1) is 0 Å². The first-order chi connectivity index (χ1) is 8.52. The summed E-state index contributed by atoms with van der Waals surface area (Å²) >= 11 is 3.56. The van der Waals surface area contributed by atoms with Crippen molar-refractivity contribution in [2.45, 2.75) is 44.9 Å². The van der Waals surface area contributed by atoms with Gasteiger partial charge in [-0.05, 0) is 43.4 Å². The van der Waals surface area contributed by atoms with Crippen LogP contribution in [0.2, 0.25) is 0 Å². The van der Waals surface area contributed by atoms with Crippen LogP contribution in [0.3, 0.4) is 0 Å². The number of amides is 1. The third kappa shape index (κ3) is 5.21. The van der Waals surface area contributed by atoms with Gasteiger partial charge < -0.3 is 5.32 Å². The maximum Gasteiger partial charge on any atom is 0.224 e. The van der Waals surface area contributed by atoms with E-state index in [4.69, 9.17) is 0 Å². The first kappa shape index (κ1) is 15.2. The predicted octanol–water partition coefficient (Wildman–Crippen LogP) is 3.53. The Kier molecular flexibility index (Phi) is 6.41. The van der Waals surface area contributed by atoms with Gasteiger partial charge in [-0.25, -0.2) is 0 Å². The van der Waals surface area contributed by atoms with Crippen LogP contribution >= 0.6 is 15.9 Å². The van der Waals surface area contributed by atoms with E-state index in [9.17, 15) is 4.79 Å². The number of hydrogen-bond donors (Lipinski definition) is 1. The highest BCUT2D eigenvalue weighted by molar-refractivity contribution is 9.09. The molecule has 1 rings (SSSR count). The molecule has 0 aliphatic rings. The molecule has 3 heteroatoms. The summed E-state index contributed by atoms with van der Waals surface area (Å²) in [6.07, 6.45) is 2.54. The molecule has 0 saturated carbocycles. The number of rotatable bonds is 6. The van der Waals surface area contributed by atoms with E-state index in [0.717, 1.165) is 24.9 Å². The number of hydrogen-bond acceptors (Lipinski definition) is 1. The molecule has 1 amide bonds. The Morgan fingerprint density at radius 3 is 2.67 bits per heavy atom. The molecule has 0 spiro atoms. The largest absolute Gasteiger partial charge is 0.356 e. The van der Waals surface area contributed by atoms with E-state index in [-0.39, 0.29) is 5.91 Å². The first-order valence-electron chi connectivity index (χ1n) is 6.49. The van der Waals surface area contributed by atoms with E-state index >= 15 is 0 Å². The summed E-state index contributed by atoms with van der Waals surface area (Å²) < 4.78 is 0. The van der Waals surface area contributed by atoms with Crippen LogP contribution in [0.25, 0.3) is 0 Å². The first-order valence-corrected chi connectivity index (χ1v) is 7.41. The van der Waals surface area contributed by atoms with E-state index < -0.39 is 0 Å². The Bertz CT molecular complexity index is 403. The number of carbonyl (C=O) groups excluding carboxylic acids is 1. The minimum absolute atomic E-state index is 0.106. The summed E-state index contributed by atoms with van der Waals surface area (Å²) in [6.45, 7) is 7.04. The van der Waals surface area contributed by atoms with Crippen molar-refractivity contribution in [3.05, 3.63) is 34.9 Å². The fourth-order valence-corrected chi connectivity index (χ4v) is 1.96. The molecule has 18 heavy (non-hydrogen) atoms. The van der Waals surface area contributed by atoms with Crippen LogP contribution in [0.1, 0.15) is 36.5 Å². The Hall–Kier alpha value is -0.830. The highest BCUT2D eigenvalue weighted by Gasteiger charge is 2.05. The molecular formula is C15H22BrNO. The van der Waals surface area contributed by atoms with E-state index in [2.05, 4.69) is 54.2 Å². The van der Waals surface area contributed by atoms with Gasteiger partial charge in [0.05, 0.1) is 6.42 Å². The van der Waals surface area contributed by atoms with Gasteiger partial charge >= 0.3 is 0 Å². The Morgan fingerprint density at radius 1 is 1.33 bits per heavy atom. The lowest BCUT2D eigenvalue weighted by molar-refractivity contribution is -0.120. The van der Waals surface area contributed by atoms with Gasteiger partial charge in [-0.3, -0.25) is 4.79 Å². The molecule has 1 N–H and O–H groups in total. The molecule has 1 aromatic rings. The minimum Gasteiger partial charge on any atom is -0.356 e. The quantitative estimate of drug-likeness (QED) is 0.800. The number of carbonyl (C=O) groups is 1. The summed E-state index contributed by atoms with van der Waals surface area (Å²) in [7, 11) is 0. The highest BCUT2D eigenvalue weighted by atomic mass is 79.9. The maximum absolute atomic E-state index is 11.8. The Labute approximate surface area is 118 Å². The molecule has 0 fully saturated rings. The smallest absolute Gasteiger partial charge is 0.224 e. The van der Waals surface area contributed by atoms with Crippen LogP contribution in [-0.4, -0.2) is 17.3 Å². The van der Waals surface area contributed by atoms with Crippen LogP contribution in [0.5, 0.6) is 0 Å². The molecule has 0 radical (unpaired) electrons. The van der Waals surface area contributed by atoms with Gasteiger partial charge in [0.25, 0.3) is 0 Å². The zero-order chi connectivity index (χ0) is 13.5. The van der Waals surface area contributed by atoms with Crippen molar-refractivity contribution in [2.24, 2.45) is 0 Å². The van der Waals surface area contributed by atoms with Gasteiger partial charge in [0, 0.05) is 11.4 Å². The second-order valence-electron chi connectivity index (χ2n) is 4.74. The van der Waals surface area contributed by atoms with E-state index in [0.29, 0.717) is 11.2 Å². The fraction of sp³-hybridized carbons (Fsp3) is 0.533. The van der Waals surface area contributed by atoms with Crippen molar-refractivity contribution in [1.29, 1.82) is 0 Å². The molecule has 0 aromatic heterocycles. The number of nitrogens with one attached hydrogen (secondary N) is 1. The second kappa shape index (κ2) is 7.57. The molecule has 0 aliphatic heterocycles. The van der Waals surface area contributed by atoms with E-state index in [1.165, 1.54) is 11.1 Å². The van der Waals surface area contributed by atoms with Crippen molar-refractivity contribution in [3.63, 3.8) is 0 Å². The molecule has 0 heterocycles. The lowest BCUT2D eigenvalue weighted by Crippen LogP contribution is -2.27. The van der Waals surface area contributed by atoms with Crippen LogP contribution in [0.15, 0.2) is 18.2 Å². The van der Waals surface area contributed by atoms with Gasteiger partial charge in [-0.1, -0.05) is 41.1 Å². The highest BCUT2D eigenvalue weighted by Crippen LogP contribution is 2.10. The summed E-state index contributed by atoms with van der Waals surface area (Å²) in [5.41, 5.74) is 3.59. The van der Waals surface area contributed by atoms with Crippen LogP contribution < -0.4 is 5.32 Å². The van der Waals surface area contributed by atoms with E-state index in [1.807, 2.05) is 6.07 Å². The molecule has 0 bridgehead atoms. The van der Waals surface area contributed by atoms with Crippen LogP contribution in [-0.2, 0) is 11.2 Å². The summed E-state index contributed by atoms with van der Waals surface area (Å²) in [5, 5.41) is 2.96. The third-order valence-electron chi connectivity index (χ3n) is 3.16. The molecule has 1 aromatic carbocycles. The molecule has 0 saturated heterocycles. The molecule has 2 nitrogen and oxygen atoms in total. The molecule has 1 atom stereocenters. The van der Waals surface area contributed by atoms with Crippen LogP contribution in [0, 0.1) is 13.8 Å². The van der Waals surface area contributed by atoms with Crippen molar-refractivity contribution < 1.29 is 4.79 Å². The monoisotopic (exact) mass is 311 g/mol. The number of halogens is 1. The third-order valence-corrected chi connectivity index (χ3v) is 4.26.